The van der Waals surface area contributed by atoms with E-state index in [1.54, 1.807) is 0 Å². The first-order chi connectivity index (χ1) is 13.1. The number of guanidine groups is 1. The van der Waals surface area contributed by atoms with Crippen molar-refractivity contribution in [2.45, 2.75) is 39.8 Å². The second-order valence-corrected chi connectivity index (χ2v) is 6.83. The molecule has 0 saturated heterocycles. The number of aliphatic imine (C=N–C) groups is 1. The third-order valence-corrected chi connectivity index (χ3v) is 4.39. The molecule has 0 bridgehead atoms. The molecule has 5 nitrogen and oxygen atoms in total. The molecule has 1 aromatic heterocycles. The molecule has 0 radical (unpaired) electrons. The summed E-state index contributed by atoms with van der Waals surface area (Å²) >= 11 is 0. The molecular weight excluding hydrogens is 461 g/mol. The number of rotatable bonds is 7. The fourth-order valence-electron chi connectivity index (χ4n) is 3.18. The zero-order valence-corrected chi connectivity index (χ0v) is 18.8. The van der Waals surface area contributed by atoms with Gasteiger partial charge in [0.05, 0.1) is 0 Å². The number of halogens is 1. The monoisotopic (exact) mass is 489 g/mol. The summed E-state index contributed by atoms with van der Waals surface area (Å²) in [6.07, 6.45) is 5.94. The highest BCUT2D eigenvalue weighted by molar-refractivity contribution is 14.0. The molecule has 6 heteroatoms. The van der Waals surface area contributed by atoms with Gasteiger partial charge in [-0.1, -0.05) is 36.4 Å². The predicted molar refractivity (Wildman–Crippen MR) is 127 cm³/mol. The van der Waals surface area contributed by atoms with Crippen LogP contribution in [0, 0.1) is 13.8 Å². The number of nitrogens with zero attached hydrogens (tertiary/aromatic N) is 3. The van der Waals surface area contributed by atoms with E-state index in [0.29, 0.717) is 12.5 Å². The number of benzene rings is 2. The van der Waals surface area contributed by atoms with Crippen LogP contribution in [0.2, 0.25) is 0 Å². The molecule has 0 fully saturated rings. The maximum Gasteiger partial charge on any atom is 0.193 e. The van der Waals surface area contributed by atoms with E-state index in [1.807, 2.05) is 18.5 Å². The van der Waals surface area contributed by atoms with Gasteiger partial charge in [0.1, 0.15) is 12.4 Å². The van der Waals surface area contributed by atoms with Gasteiger partial charge in [0.2, 0.25) is 0 Å². The number of hydrogen-bond acceptors (Lipinski definition) is 2. The summed E-state index contributed by atoms with van der Waals surface area (Å²) in [7, 11) is 0. The molecule has 2 aromatic carbocycles. The Labute approximate surface area is 184 Å². The Morgan fingerprint density at radius 1 is 1.11 bits per heavy atom. The highest BCUT2D eigenvalue weighted by atomic mass is 127. The minimum Gasteiger partial charge on any atom is -0.370 e. The Kier molecular flexibility index (Phi) is 8.50. The summed E-state index contributed by atoms with van der Waals surface area (Å²) < 4.78 is 2.15. The van der Waals surface area contributed by atoms with E-state index in [9.17, 15) is 0 Å². The minimum atomic E-state index is 0. The van der Waals surface area contributed by atoms with E-state index in [-0.39, 0.29) is 24.0 Å². The number of nitrogens with one attached hydrogen (secondary N) is 1. The first kappa shape index (κ1) is 21.9. The van der Waals surface area contributed by atoms with Gasteiger partial charge < -0.3 is 15.6 Å². The Bertz CT molecular complexity index is 882. The van der Waals surface area contributed by atoms with Crippen LogP contribution in [0.3, 0.4) is 0 Å². The third-order valence-electron chi connectivity index (χ3n) is 4.39. The first-order valence-electron chi connectivity index (χ1n) is 9.29. The van der Waals surface area contributed by atoms with Gasteiger partial charge in [-0.3, -0.25) is 0 Å². The normalized spacial score (nSPS) is 11.1. The van der Waals surface area contributed by atoms with Crippen LogP contribution in [0.25, 0.3) is 0 Å². The average Bonchev–Trinajstić information content (AvgIpc) is 3.07. The van der Waals surface area contributed by atoms with Crippen molar-refractivity contribution in [3.63, 3.8) is 0 Å². The van der Waals surface area contributed by atoms with Gasteiger partial charge in [0.15, 0.2) is 5.96 Å². The van der Waals surface area contributed by atoms with Crippen molar-refractivity contribution in [1.29, 1.82) is 0 Å². The topological polar surface area (TPSA) is 68.2 Å². The van der Waals surface area contributed by atoms with Crippen molar-refractivity contribution in [3.05, 3.63) is 83.4 Å². The number of aryl methyl sites for hydroxylation is 4. The molecule has 0 aliphatic carbocycles. The zero-order valence-electron chi connectivity index (χ0n) is 16.4. The van der Waals surface area contributed by atoms with Crippen molar-refractivity contribution in [2.24, 2.45) is 10.7 Å². The Morgan fingerprint density at radius 2 is 1.82 bits per heavy atom. The Morgan fingerprint density at radius 3 is 2.54 bits per heavy atom. The summed E-state index contributed by atoms with van der Waals surface area (Å²) in [6, 6.07) is 16.8. The number of nitrogens with two attached hydrogens (primary N) is 1. The summed E-state index contributed by atoms with van der Waals surface area (Å²) in [5.74, 6) is 1.33. The fourth-order valence-corrected chi connectivity index (χ4v) is 3.18. The standard InChI is InChI=1S/C22H27N5.HI/c1-17-13-18(2)15-20(14-17)26-22(23)25-16-21-24-10-12-27(21)11-6-9-19-7-4-3-5-8-19;/h3-5,7-8,10,12-15H,6,9,11,16H2,1-2H3,(H3,23,25,26);1H. The van der Waals surface area contributed by atoms with Crippen molar-refractivity contribution >= 4 is 35.6 Å². The Hall–Kier alpha value is -2.35. The summed E-state index contributed by atoms with van der Waals surface area (Å²) in [4.78, 5) is 8.87. The highest BCUT2D eigenvalue weighted by Crippen LogP contribution is 2.13. The number of imidazole rings is 1. The van der Waals surface area contributed by atoms with Gasteiger partial charge >= 0.3 is 0 Å². The lowest BCUT2D eigenvalue weighted by molar-refractivity contribution is 0.611. The molecule has 0 aliphatic rings. The molecule has 148 valence electrons. The van der Waals surface area contributed by atoms with Gasteiger partial charge in [-0.25, -0.2) is 9.98 Å². The van der Waals surface area contributed by atoms with Crippen molar-refractivity contribution in [1.82, 2.24) is 9.55 Å². The molecule has 3 N–H and O–H groups in total. The largest absolute Gasteiger partial charge is 0.370 e. The van der Waals surface area contributed by atoms with Crippen LogP contribution in [-0.2, 0) is 19.5 Å². The third kappa shape index (κ3) is 6.67. The number of hydrogen-bond donors (Lipinski definition) is 2. The molecule has 3 aromatic rings. The fraction of sp³-hybridized carbons (Fsp3) is 0.273. The molecule has 1 heterocycles. The van der Waals surface area contributed by atoms with Crippen LogP contribution < -0.4 is 11.1 Å². The summed E-state index contributed by atoms with van der Waals surface area (Å²) in [5, 5.41) is 3.16. The lowest BCUT2D eigenvalue weighted by atomic mass is 10.1. The number of aromatic nitrogens is 2. The quantitative estimate of drug-likeness (QED) is 0.288. The van der Waals surface area contributed by atoms with Gasteiger partial charge in [-0.15, -0.1) is 24.0 Å². The van der Waals surface area contributed by atoms with Crippen LogP contribution in [0.1, 0.15) is 28.9 Å². The molecule has 0 saturated carbocycles. The smallest absolute Gasteiger partial charge is 0.193 e. The van der Waals surface area contributed by atoms with Gasteiger partial charge in [-0.2, -0.15) is 0 Å². The van der Waals surface area contributed by atoms with E-state index in [0.717, 1.165) is 30.9 Å². The van der Waals surface area contributed by atoms with Crippen LogP contribution in [-0.4, -0.2) is 15.5 Å². The van der Waals surface area contributed by atoms with E-state index in [2.05, 4.69) is 76.2 Å². The first-order valence-corrected chi connectivity index (χ1v) is 9.29. The second-order valence-electron chi connectivity index (χ2n) is 6.83. The molecule has 0 atom stereocenters. The Balaban J connectivity index is 0.00000280. The van der Waals surface area contributed by atoms with Crippen molar-refractivity contribution in [2.75, 3.05) is 5.32 Å². The zero-order chi connectivity index (χ0) is 19.1. The number of anilines is 1. The maximum atomic E-state index is 6.05. The molecule has 0 aliphatic heterocycles. The van der Waals surface area contributed by atoms with E-state index in [1.165, 1.54) is 16.7 Å². The lowest BCUT2D eigenvalue weighted by Crippen LogP contribution is -2.23. The van der Waals surface area contributed by atoms with Crippen LogP contribution in [0.5, 0.6) is 0 Å². The van der Waals surface area contributed by atoms with E-state index in [4.69, 9.17) is 5.73 Å². The predicted octanol–water partition coefficient (Wildman–Crippen LogP) is 4.68. The van der Waals surface area contributed by atoms with Gasteiger partial charge in [0, 0.05) is 24.6 Å². The van der Waals surface area contributed by atoms with Crippen LogP contribution >= 0.6 is 24.0 Å². The minimum absolute atomic E-state index is 0. The maximum absolute atomic E-state index is 6.05. The van der Waals surface area contributed by atoms with Crippen molar-refractivity contribution < 1.29 is 0 Å². The average molecular weight is 489 g/mol. The molecule has 3 rings (SSSR count). The van der Waals surface area contributed by atoms with Crippen molar-refractivity contribution in [3.8, 4) is 0 Å². The van der Waals surface area contributed by atoms with Crippen LogP contribution in [0.4, 0.5) is 5.69 Å². The van der Waals surface area contributed by atoms with Gasteiger partial charge in [-0.05, 0) is 55.5 Å². The summed E-state index contributed by atoms with van der Waals surface area (Å²) in [6.45, 7) is 5.52. The van der Waals surface area contributed by atoms with Crippen LogP contribution in [0.15, 0.2) is 65.9 Å². The van der Waals surface area contributed by atoms with E-state index >= 15 is 0 Å². The molecule has 28 heavy (non-hydrogen) atoms. The SMILES string of the molecule is Cc1cc(C)cc(NC(N)=NCc2nccn2CCCc2ccccc2)c1.I. The summed E-state index contributed by atoms with van der Waals surface area (Å²) in [5.41, 5.74) is 10.8. The van der Waals surface area contributed by atoms with Gasteiger partial charge in [0.25, 0.3) is 0 Å². The highest BCUT2D eigenvalue weighted by Gasteiger charge is 2.03. The molecule has 0 spiro atoms. The van der Waals surface area contributed by atoms with E-state index < -0.39 is 0 Å². The molecule has 0 amide bonds. The molecular formula is C22H28IN5. The molecule has 0 unspecified atom stereocenters. The lowest BCUT2D eigenvalue weighted by Gasteiger charge is -2.09. The second kappa shape index (κ2) is 10.8.